The molecule has 0 radical (unpaired) electrons. The standard InChI is InChI=1S/C31H20N2S.2C24H15N3S.C24H17NS.C20H13NS/c1-3-9-21(10-4-1)27-18-24(19-28(32-27)22-11-5-2-6-12-22)33-29-14-8-7-13-25(29)26-17-23-15-16-34-31(23)20-30(26)33;1-2-7-22-18(5-1)19-13-16-10-12-28-24(16)14-23(19)27(22)17-8-9-21(26-15-17)20-6-3-4-11-25-20;1-2-6-16(7-3-1)24-25-12-10-23(26-24)27-20-9-5-4-8-18(20)19-14-17-11-13-28-22(17)15-21(19)27;1-2-8-18-16(6-1)7-5-11-21(18)25-22-10-4-3-9-19(22)20-13-12-17-14-15-26-24(17)23(20)25;1-2-6-15(7-3-1)21-18-9-5-4-8-16(18)17-11-10-14-12-13-22-20(14)19(17)21/h1-20H;2*1-15H;1-6,8-16H,7H2;1-13H. The van der Waals surface area contributed by atoms with Gasteiger partial charge in [-0.3, -0.25) is 14.5 Å². The number of thiophene rings is 5. The van der Waals surface area contributed by atoms with Crippen molar-refractivity contribution in [1.82, 2.24) is 47.8 Å². The molecule has 138 heavy (non-hydrogen) atoms. The molecule has 14 aromatic carbocycles. The topological polar surface area (TPSA) is 89.1 Å². The maximum absolute atomic E-state index is 5.07. The molecular formula is C123H80N10S5. The van der Waals surface area contributed by atoms with Gasteiger partial charge in [0.05, 0.1) is 105 Å². The molecule has 0 amide bonds. The molecule has 10 nitrogen and oxygen atoms in total. The van der Waals surface area contributed by atoms with Gasteiger partial charge in [-0.05, 0) is 224 Å². The van der Waals surface area contributed by atoms with E-state index in [1.807, 2.05) is 108 Å². The molecule has 0 N–H and O–H groups in total. The third kappa shape index (κ3) is 14.5. The Labute approximate surface area is 813 Å². The molecule has 0 fully saturated rings. The van der Waals surface area contributed by atoms with Crippen molar-refractivity contribution in [2.24, 2.45) is 5.92 Å². The van der Waals surface area contributed by atoms with Crippen molar-refractivity contribution >= 4 is 222 Å². The van der Waals surface area contributed by atoms with Crippen LogP contribution in [0.25, 0.3) is 233 Å². The highest BCUT2D eigenvalue weighted by molar-refractivity contribution is 7.19. The Bertz CT molecular complexity index is 9640. The molecule has 0 spiro atoms. The molecule has 0 saturated heterocycles. The molecule has 1 unspecified atom stereocenters. The smallest absolute Gasteiger partial charge is 0.161 e. The predicted octanol–water partition coefficient (Wildman–Crippen LogP) is 34.6. The lowest BCUT2D eigenvalue weighted by molar-refractivity contribution is 0.776. The first-order chi connectivity index (χ1) is 68.5. The fourth-order valence-electron chi connectivity index (χ4n) is 20.4. The summed E-state index contributed by atoms with van der Waals surface area (Å²) in [5, 5.41) is 30.3. The van der Waals surface area contributed by atoms with Crippen LogP contribution in [0.15, 0.2) is 470 Å². The van der Waals surface area contributed by atoms with Gasteiger partial charge >= 0.3 is 0 Å². The minimum Gasteiger partial charge on any atom is -0.309 e. The van der Waals surface area contributed by atoms with E-state index in [9.17, 15) is 0 Å². The number of benzene rings is 14. The van der Waals surface area contributed by atoms with E-state index in [0.717, 1.165) is 74.4 Å². The summed E-state index contributed by atoms with van der Waals surface area (Å²) in [5.41, 5.74) is 25.5. The molecule has 2 aliphatic rings. The molecule has 652 valence electrons. The van der Waals surface area contributed by atoms with E-state index in [0.29, 0.717) is 5.92 Å². The number of rotatable bonds is 9. The number of pyridine rings is 3. The third-order valence-electron chi connectivity index (χ3n) is 26.6. The summed E-state index contributed by atoms with van der Waals surface area (Å²) in [6.45, 7) is 0. The number of aromatic nitrogens is 10. The maximum Gasteiger partial charge on any atom is 0.161 e. The summed E-state index contributed by atoms with van der Waals surface area (Å²) in [6.07, 6.45) is 20.3. The average molecular weight is 1860 g/mol. The fraction of sp³-hybridized carbons (Fsp3) is 0.0163. The van der Waals surface area contributed by atoms with Crippen molar-refractivity contribution in [3.63, 3.8) is 0 Å². The van der Waals surface area contributed by atoms with Gasteiger partial charge in [0.2, 0.25) is 0 Å². The number of fused-ring (bicyclic) bond motifs is 23. The monoisotopic (exact) mass is 1860 g/mol. The lowest BCUT2D eigenvalue weighted by Crippen LogP contribution is -2.10. The van der Waals surface area contributed by atoms with E-state index in [1.165, 1.54) is 171 Å². The molecule has 0 aliphatic heterocycles. The molecule has 2 aliphatic carbocycles. The average Bonchev–Trinajstić information content (AvgIpc) is 1.61. The quantitative estimate of drug-likeness (QED) is 0.144. The van der Waals surface area contributed by atoms with Gasteiger partial charge in [0.15, 0.2) is 5.82 Å². The Morgan fingerprint density at radius 1 is 0.261 bits per heavy atom. The largest absolute Gasteiger partial charge is 0.309 e. The van der Waals surface area contributed by atoms with Crippen molar-refractivity contribution in [1.29, 1.82) is 0 Å². The number of hydrogen-bond donors (Lipinski definition) is 0. The van der Waals surface area contributed by atoms with Gasteiger partial charge in [0, 0.05) is 114 Å². The fourth-order valence-corrected chi connectivity index (χ4v) is 24.6. The van der Waals surface area contributed by atoms with Crippen LogP contribution in [0, 0.1) is 5.92 Å². The van der Waals surface area contributed by atoms with E-state index in [1.54, 1.807) is 40.2 Å². The molecule has 14 heterocycles. The van der Waals surface area contributed by atoms with Gasteiger partial charge in [-0.25, -0.2) is 15.0 Å². The summed E-state index contributed by atoms with van der Waals surface area (Å²) in [6, 6.07) is 135. The van der Waals surface area contributed by atoms with Crippen LogP contribution in [0.4, 0.5) is 0 Å². The molecular weight excluding hydrogens is 1780 g/mol. The van der Waals surface area contributed by atoms with Crippen LogP contribution >= 0.6 is 56.7 Å². The van der Waals surface area contributed by atoms with Crippen LogP contribution in [-0.4, -0.2) is 47.8 Å². The SMILES string of the molecule is C1=CC2=C(n3c4ccccc4c4ccc5ccsc5c43)C=CCC2C=C1.c1ccc(-c2cc(-n3c4ccccc4c4cc5ccsc5cc43)cc(-c3ccccc3)n2)cc1.c1ccc(-c2ccc(-n3c4ccccc4c4cc5ccsc5cc43)cn2)nc1.c1ccc(-c2nccc(-n3c4ccccc4c4cc5ccsc5cc43)n2)cc1.c1ccc(-n2c3ccccc3c3ccc4ccsc4c32)cc1. The number of nitrogens with zero attached hydrogens (tertiary/aromatic N) is 10. The van der Waals surface area contributed by atoms with Crippen molar-refractivity contribution in [2.75, 3.05) is 0 Å². The summed E-state index contributed by atoms with van der Waals surface area (Å²) < 4.78 is 18.5. The lowest BCUT2D eigenvalue weighted by Gasteiger charge is -2.24. The van der Waals surface area contributed by atoms with Crippen LogP contribution in [-0.2, 0) is 0 Å². The maximum atomic E-state index is 5.07. The van der Waals surface area contributed by atoms with E-state index < -0.39 is 0 Å². The third-order valence-corrected chi connectivity index (χ3v) is 31.2. The Morgan fingerprint density at radius 3 is 1.22 bits per heavy atom. The summed E-state index contributed by atoms with van der Waals surface area (Å²) in [4.78, 5) is 23.6. The molecule has 30 rings (SSSR count). The van der Waals surface area contributed by atoms with Crippen molar-refractivity contribution < 1.29 is 0 Å². The van der Waals surface area contributed by atoms with Gasteiger partial charge in [0.1, 0.15) is 5.82 Å². The van der Waals surface area contributed by atoms with Gasteiger partial charge in [-0.1, -0.05) is 261 Å². The zero-order valence-corrected chi connectivity index (χ0v) is 78.3. The second-order valence-corrected chi connectivity index (χ2v) is 39.2. The highest BCUT2D eigenvalue weighted by Crippen LogP contribution is 2.47. The molecule has 15 heteroatoms. The van der Waals surface area contributed by atoms with E-state index in [-0.39, 0.29) is 0 Å². The van der Waals surface area contributed by atoms with Gasteiger partial charge < -0.3 is 18.3 Å². The highest BCUT2D eigenvalue weighted by atomic mass is 32.1. The number of allylic oxidation sites excluding steroid dienone is 8. The highest BCUT2D eigenvalue weighted by Gasteiger charge is 2.26. The minimum absolute atomic E-state index is 0.485. The van der Waals surface area contributed by atoms with Crippen molar-refractivity contribution in [3.8, 4) is 68.2 Å². The predicted molar refractivity (Wildman–Crippen MR) is 589 cm³/mol. The first-order valence-corrected chi connectivity index (χ1v) is 50.6. The van der Waals surface area contributed by atoms with Gasteiger partial charge in [-0.15, -0.1) is 56.7 Å². The van der Waals surface area contributed by atoms with Crippen molar-refractivity contribution in [2.45, 2.75) is 6.42 Å². The Balaban J connectivity index is 0.0000000897. The van der Waals surface area contributed by atoms with Crippen LogP contribution in [0.1, 0.15) is 6.42 Å². The second-order valence-electron chi connectivity index (χ2n) is 34.6. The normalized spacial score (nSPS) is 13.0. The first-order valence-electron chi connectivity index (χ1n) is 46.2. The number of para-hydroxylation sites is 6. The lowest BCUT2D eigenvalue weighted by atomic mass is 9.86. The summed E-state index contributed by atoms with van der Waals surface area (Å²) in [5.74, 6) is 2.11. The molecule has 1 atom stereocenters. The zero-order valence-electron chi connectivity index (χ0n) is 74.3. The Morgan fingerprint density at radius 2 is 0.703 bits per heavy atom. The first kappa shape index (κ1) is 82.1. The van der Waals surface area contributed by atoms with E-state index in [4.69, 9.17) is 15.0 Å². The zero-order chi connectivity index (χ0) is 91.1. The van der Waals surface area contributed by atoms with Gasteiger partial charge in [0.25, 0.3) is 0 Å². The van der Waals surface area contributed by atoms with Crippen molar-refractivity contribution in [3.05, 3.63) is 470 Å². The van der Waals surface area contributed by atoms with Crippen LogP contribution in [0.5, 0.6) is 0 Å². The molecule has 0 saturated carbocycles. The molecule has 14 aromatic heterocycles. The summed E-state index contributed by atoms with van der Waals surface area (Å²) >= 11 is 9.00. The number of hydrogen-bond acceptors (Lipinski definition) is 10. The van der Waals surface area contributed by atoms with Crippen LogP contribution in [0.2, 0.25) is 0 Å². The minimum atomic E-state index is 0.485. The van der Waals surface area contributed by atoms with Crippen LogP contribution < -0.4 is 0 Å². The second kappa shape index (κ2) is 35.0. The van der Waals surface area contributed by atoms with Gasteiger partial charge in [-0.2, -0.15) is 0 Å². The van der Waals surface area contributed by atoms with Crippen LogP contribution in [0.3, 0.4) is 0 Å². The Kier molecular flexibility index (Phi) is 20.8. The molecule has 28 aromatic rings. The Hall–Kier alpha value is -16.6. The molecule has 0 bridgehead atoms. The summed E-state index contributed by atoms with van der Waals surface area (Å²) in [7, 11) is 0. The van der Waals surface area contributed by atoms with E-state index in [2.05, 4.69) is 406 Å². The van der Waals surface area contributed by atoms with E-state index >= 15 is 0 Å².